The summed E-state index contributed by atoms with van der Waals surface area (Å²) in [5, 5.41) is 4.77. The van der Waals surface area contributed by atoms with Gasteiger partial charge in [0.2, 0.25) is 0 Å². The van der Waals surface area contributed by atoms with Crippen molar-refractivity contribution in [3.05, 3.63) is 27.7 Å². The lowest BCUT2D eigenvalue weighted by molar-refractivity contribution is 0.382. The summed E-state index contributed by atoms with van der Waals surface area (Å²) in [6.45, 7) is 1.10. The van der Waals surface area contributed by atoms with Crippen LogP contribution in [0.25, 0.3) is 0 Å². The van der Waals surface area contributed by atoms with E-state index in [0.29, 0.717) is 16.1 Å². The molecule has 1 heterocycles. The zero-order chi connectivity index (χ0) is 12.3. The average Bonchev–Trinajstić information content (AvgIpc) is 2.30. The van der Waals surface area contributed by atoms with Crippen LogP contribution in [0, 0.1) is 0 Å². The number of ether oxygens (including phenoxy) is 1. The first-order valence-electron chi connectivity index (χ1n) is 5.96. The molecular weight excluding hydrogens is 257 g/mol. The topological polar surface area (TPSA) is 21.3 Å². The maximum absolute atomic E-state index is 6.12. The van der Waals surface area contributed by atoms with Gasteiger partial charge in [0, 0.05) is 11.1 Å². The van der Waals surface area contributed by atoms with Crippen molar-refractivity contribution in [1.82, 2.24) is 5.32 Å². The van der Waals surface area contributed by atoms with Crippen LogP contribution in [0.4, 0.5) is 0 Å². The van der Waals surface area contributed by atoms with E-state index in [2.05, 4.69) is 5.32 Å². The molecule has 1 N–H and O–H groups in total. The average molecular weight is 274 g/mol. The summed E-state index contributed by atoms with van der Waals surface area (Å²) in [6.07, 6.45) is 4.68. The van der Waals surface area contributed by atoms with Gasteiger partial charge in [-0.05, 0) is 43.5 Å². The van der Waals surface area contributed by atoms with Crippen molar-refractivity contribution in [2.24, 2.45) is 0 Å². The van der Waals surface area contributed by atoms with Crippen LogP contribution >= 0.6 is 23.2 Å². The van der Waals surface area contributed by atoms with Gasteiger partial charge >= 0.3 is 0 Å². The first-order valence-corrected chi connectivity index (χ1v) is 6.71. The Morgan fingerprint density at radius 3 is 2.82 bits per heavy atom. The van der Waals surface area contributed by atoms with E-state index in [4.69, 9.17) is 27.9 Å². The van der Waals surface area contributed by atoms with Crippen LogP contribution in [-0.2, 0) is 6.42 Å². The summed E-state index contributed by atoms with van der Waals surface area (Å²) < 4.78 is 5.35. The molecule has 1 aromatic carbocycles. The molecule has 1 aliphatic rings. The van der Waals surface area contributed by atoms with Crippen molar-refractivity contribution in [2.45, 2.75) is 31.7 Å². The van der Waals surface area contributed by atoms with Crippen molar-refractivity contribution >= 4 is 23.2 Å². The van der Waals surface area contributed by atoms with E-state index in [0.717, 1.165) is 24.3 Å². The van der Waals surface area contributed by atoms with Crippen molar-refractivity contribution in [1.29, 1.82) is 0 Å². The van der Waals surface area contributed by atoms with Gasteiger partial charge in [-0.3, -0.25) is 0 Å². The minimum atomic E-state index is 0.507. The van der Waals surface area contributed by atoms with Gasteiger partial charge in [-0.15, -0.1) is 0 Å². The quantitative estimate of drug-likeness (QED) is 0.907. The first kappa shape index (κ1) is 13.0. The fraction of sp³-hybridized carbons (Fsp3) is 0.538. The van der Waals surface area contributed by atoms with E-state index in [9.17, 15) is 0 Å². The predicted octanol–water partition coefficient (Wildman–Crippen LogP) is 3.69. The maximum Gasteiger partial charge on any atom is 0.140 e. The molecule has 0 spiro atoms. The normalized spacial score (nSPS) is 20.3. The van der Waals surface area contributed by atoms with E-state index < -0.39 is 0 Å². The molecule has 0 aliphatic carbocycles. The Bertz CT molecular complexity index is 389. The SMILES string of the molecule is COc1c(Cl)cc(Cl)cc1CC1CCCCN1. The Morgan fingerprint density at radius 1 is 1.35 bits per heavy atom. The number of rotatable bonds is 3. The summed E-state index contributed by atoms with van der Waals surface area (Å²) in [4.78, 5) is 0. The van der Waals surface area contributed by atoms with Crippen molar-refractivity contribution in [3.8, 4) is 5.75 Å². The zero-order valence-electron chi connectivity index (χ0n) is 9.93. The molecule has 1 unspecified atom stereocenters. The largest absolute Gasteiger partial charge is 0.495 e. The third kappa shape index (κ3) is 3.27. The van der Waals surface area contributed by atoms with Crippen LogP contribution in [0.1, 0.15) is 24.8 Å². The lowest BCUT2D eigenvalue weighted by Gasteiger charge is -2.24. The third-order valence-corrected chi connectivity index (χ3v) is 3.67. The van der Waals surface area contributed by atoms with Gasteiger partial charge in [0.1, 0.15) is 5.75 Å². The van der Waals surface area contributed by atoms with Crippen molar-refractivity contribution < 1.29 is 4.74 Å². The molecule has 0 bridgehead atoms. The molecule has 4 heteroatoms. The van der Waals surface area contributed by atoms with E-state index in [-0.39, 0.29) is 0 Å². The predicted molar refractivity (Wildman–Crippen MR) is 72.4 cm³/mol. The van der Waals surface area contributed by atoms with Crippen LogP contribution in [-0.4, -0.2) is 19.7 Å². The van der Waals surface area contributed by atoms with Gasteiger partial charge in [-0.1, -0.05) is 29.6 Å². The van der Waals surface area contributed by atoms with Gasteiger partial charge in [-0.2, -0.15) is 0 Å². The molecule has 0 radical (unpaired) electrons. The minimum absolute atomic E-state index is 0.507. The summed E-state index contributed by atoms with van der Waals surface area (Å²) in [7, 11) is 1.65. The van der Waals surface area contributed by atoms with E-state index in [1.165, 1.54) is 19.3 Å². The standard InChI is InChI=1S/C13H17Cl2NO/c1-17-13-9(6-10(14)8-12(13)15)7-11-4-2-3-5-16-11/h6,8,11,16H,2-5,7H2,1H3. The summed E-state index contributed by atoms with van der Waals surface area (Å²) in [5.41, 5.74) is 1.09. The summed E-state index contributed by atoms with van der Waals surface area (Å²) >= 11 is 12.2. The van der Waals surface area contributed by atoms with E-state index >= 15 is 0 Å². The summed E-state index contributed by atoms with van der Waals surface area (Å²) in [6, 6.07) is 4.18. The monoisotopic (exact) mass is 273 g/mol. The van der Waals surface area contributed by atoms with E-state index in [1.54, 1.807) is 13.2 Å². The van der Waals surface area contributed by atoms with Gasteiger partial charge in [-0.25, -0.2) is 0 Å². The molecule has 1 saturated heterocycles. The number of hydrogen-bond donors (Lipinski definition) is 1. The van der Waals surface area contributed by atoms with E-state index in [1.807, 2.05) is 6.07 Å². The third-order valence-electron chi connectivity index (χ3n) is 3.17. The Hall–Kier alpha value is -0.440. The molecule has 1 fully saturated rings. The number of nitrogens with one attached hydrogen (secondary N) is 1. The number of hydrogen-bond acceptors (Lipinski definition) is 2. The van der Waals surface area contributed by atoms with Gasteiger partial charge in [0.05, 0.1) is 12.1 Å². The molecule has 1 aromatic rings. The van der Waals surface area contributed by atoms with Crippen LogP contribution in [0.15, 0.2) is 12.1 Å². The highest BCUT2D eigenvalue weighted by molar-refractivity contribution is 6.35. The molecule has 0 aromatic heterocycles. The Morgan fingerprint density at radius 2 is 2.18 bits per heavy atom. The number of methoxy groups -OCH3 is 1. The van der Waals surface area contributed by atoms with Crippen molar-refractivity contribution in [3.63, 3.8) is 0 Å². The van der Waals surface area contributed by atoms with Gasteiger partial charge < -0.3 is 10.1 Å². The molecule has 94 valence electrons. The Kier molecular flexibility index (Phi) is 4.55. The maximum atomic E-state index is 6.12. The number of piperidine rings is 1. The molecule has 0 amide bonds. The lowest BCUT2D eigenvalue weighted by Crippen LogP contribution is -2.35. The summed E-state index contributed by atoms with van der Waals surface area (Å²) in [5.74, 6) is 0.753. The highest BCUT2D eigenvalue weighted by Crippen LogP contribution is 2.33. The molecule has 1 atom stereocenters. The van der Waals surface area contributed by atoms with Crippen LogP contribution in [0.2, 0.25) is 10.0 Å². The van der Waals surface area contributed by atoms with Crippen LogP contribution in [0.5, 0.6) is 5.75 Å². The number of benzene rings is 1. The smallest absolute Gasteiger partial charge is 0.140 e. The molecule has 2 nitrogen and oxygen atoms in total. The Balaban J connectivity index is 2.18. The lowest BCUT2D eigenvalue weighted by atomic mass is 9.97. The highest BCUT2D eigenvalue weighted by Gasteiger charge is 2.17. The molecule has 17 heavy (non-hydrogen) atoms. The number of halogens is 2. The second-order valence-electron chi connectivity index (χ2n) is 4.43. The van der Waals surface area contributed by atoms with Gasteiger partial charge in [0.15, 0.2) is 0 Å². The molecule has 2 rings (SSSR count). The second-order valence-corrected chi connectivity index (χ2v) is 5.27. The Labute approximate surface area is 112 Å². The van der Waals surface area contributed by atoms with Crippen LogP contribution in [0.3, 0.4) is 0 Å². The van der Waals surface area contributed by atoms with Crippen LogP contribution < -0.4 is 10.1 Å². The highest BCUT2D eigenvalue weighted by atomic mass is 35.5. The molecule has 0 saturated carbocycles. The first-order chi connectivity index (χ1) is 8.20. The molecular formula is C13H17Cl2NO. The van der Waals surface area contributed by atoms with Crippen molar-refractivity contribution in [2.75, 3.05) is 13.7 Å². The van der Waals surface area contributed by atoms with Gasteiger partial charge in [0.25, 0.3) is 0 Å². The fourth-order valence-corrected chi connectivity index (χ4v) is 2.97. The zero-order valence-corrected chi connectivity index (χ0v) is 11.4. The minimum Gasteiger partial charge on any atom is -0.495 e. The second kappa shape index (κ2) is 5.94. The molecule has 1 aliphatic heterocycles. The fourth-order valence-electron chi connectivity index (χ4n) is 2.36.